The Hall–Kier alpha value is -2.73. The van der Waals surface area contributed by atoms with Gasteiger partial charge < -0.3 is 19.1 Å². The van der Waals surface area contributed by atoms with Gasteiger partial charge in [-0.15, -0.1) is 0 Å². The monoisotopic (exact) mass is 421 g/mol. The molecule has 2 aromatic rings. The fourth-order valence-corrected chi connectivity index (χ4v) is 5.14. The molecule has 0 saturated carbocycles. The Kier molecular flexibility index (Phi) is 5.05. The number of methoxy groups -OCH3 is 2. The zero-order valence-corrected chi connectivity index (χ0v) is 18.8. The fourth-order valence-electron chi connectivity index (χ4n) is 5.14. The highest BCUT2D eigenvalue weighted by Crippen LogP contribution is 2.50. The molecule has 0 bridgehead atoms. The lowest BCUT2D eigenvalue weighted by atomic mass is 9.90. The molecule has 0 unspecified atom stereocenters. The van der Waals surface area contributed by atoms with E-state index >= 15 is 0 Å². The molecule has 164 valence electrons. The zero-order valence-electron chi connectivity index (χ0n) is 18.8. The number of para-hydroxylation sites is 1. The summed E-state index contributed by atoms with van der Waals surface area (Å²) < 4.78 is 17.7. The largest absolute Gasteiger partial charge is 0.493 e. The number of hydrazone groups is 1. The third kappa shape index (κ3) is 3.33. The van der Waals surface area contributed by atoms with Crippen molar-refractivity contribution in [2.45, 2.75) is 50.9 Å². The van der Waals surface area contributed by atoms with Gasteiger partial charge in [-0.2, -0.15) is 5.10 Å². The standard InChI is InChI=1S/C25H31N3O3/c1-17(2)27-13-11-25(12-14-27)28-21(19-7-5-6-8-22(19)31-25)16-20(26-28)18-9-10-23(29-3)24(15-18)30-4/h5-10,15,17,21H,11-14,16H2,1-4H3/t21-/m0/s1. The normalized spacial score (nSPS) is 22.0. The van der Waals surface area contributed by atoms with Crippen LogP contribution in [-0.4, -0.2) is 54.7 Å². The average Bonchev–Trinajstić information content (AvgIpc) is 3.26. The molecule has 0 aliphatic carbocycles. The molecule has 0 amide bonds. The molecule has 2 aromatic carbocycles. The van der Waals surface area contributed by atoms with E-state index in [0.717, 1.165) is 60.9 Å². The molecule has 0 radical (unpaired) electrons. The Morgan fingerprint density at radius 2 is 1.77 bits per heavy atom. The van der Waals surface area contributed by atoms with E-state index in [1.165, 1.54) is 5.56 Å². The van der Waals surface area contributed by atoms with Crippen molar-refractivity contribution in [3.63, 3.8) is 0 Å². The number of benzene rings is 2. The molecule has 6 nitrogen and oxygen atoms in total. The first kappa shape index (κ1) is 20.2. The van der Waals surface area contributed by atoms with Crippen molar-refractivity contribution in [2.75, 3.05) is 27.3 Å². The predicted octanol–water partition coefficient (Wildman–Crippen LogP) is 4.45. The Labute approximate surface area is 184 Å². The summed E-state index contributed by atoms with van der Waals surface area (Å²) in [6.07, 6.45) is 2.74. The van der Waals surface area contributed by atoms with Crippen LogP contribution in [0.2, 0.25) is 0 Å². The maximum absolute atomic E-state index is 6.72. The van der Waals surface area contributed by atoms with E-state index in [4.69, 9.17) is 19.3 Å². The summed E-state index contributed by atoms with van der Waals surface area (Å²) in [6.45, 7) is 6.57. The maximum atomic E-state index is 6.72. The molecule has 3 aliphatic heterocycles. The van der Waals surface area contributed by atoms with Crippen LogP contribution in [0.5, 0.6) is 17.2 Å². The smallest absolute Gasteiger partial charge is 0.200 e. The molecule has 31 heavy (non-hydrogen) atoms. The van der Waals surface area contributed by atoms with Gasteiger partial charge in [-0.05, 0) is 38.1 Å². The van der Waals surface area contributed by atoms with Crippen molar-refractivity contribution in [1.82, 2.24) is 9.91 Å². The van der Waals surface area contributed by atoms with E-state index in [0.29, 0.717) is 6.04 Å². The quantitative estimate of drug-likeness (QED) is 0.730. The summed E-state index contributed by atoms with van der Waals surface area (Å²) in [6, 6.07) is 15.2. The van der Waals surface area contributed by atoms with Crippen LogP contribution in [0.3, 0.4) is 0 Å². The van der Waals surface area contributed by atoms with Gasteiger partial charge in [-0.25, -0.2) is 5.01 Å². The lowest BCUT2D eigenvalue weighted by molar-refractivity contribution is -0.152. The van der Waals surface area contributed by atoms with Gasteiger partial charge in [0, 0.05) is 49.5 Å². The molecule has 1 atom stereocenters. The average molecular weight is 422 g/mol. The third-order valence-corrected chi connectivity index (χ3v) is 6.93. The second kappa shape index (κ2) is 7.75. The molecule has 0 N–H and O–H groups in total. The highest BCUT2D eigenvalue weighted by Gasteiger charge is 2.51. The minimum Gasteiger partial charge on any atom is -0.493 e. The SMILES string of the molecule is COc1ccc(C2=NN3[C@@H](C2)c2ccccc2OC32CCN(C(C)C)CC2)cc1OC. The summed E-state index contributed by atoms with van der Waals surface area (Å²) in [5, 5.41) is 7.43. The van der Waals surface area contributed by atoms with Crippen LogP contribution in [0, 0.1) is 0 Å². The Morgan fingerprint density at radius 3 is 2.48 bits per heavy atom. The highest BCUT2D eigenvalue weighted by molar-refractivity contribution is 6.02. The molecule has 0 aromatic heterocycles. The molecule has 1 fully saturated rings. The molecule has 6 heteroatoms. The van der Waals surface area contributed by atoms with Crippen molar-refractivity contribution in [1.29, 1.82) is 0 Å². The molecule has 1 saturated heterocycles. The summed E-state index contributed by atoms with van der Waals surface area (Å²) in [5.74, 6) is 2.46. The van der Waals surface area contributed by atoms with E-state index in [-0.39, 0.29) is 11.8 Å². The first-order valence-electron chi connectivity index (χ1n) is 11.2. The van der Waals surface area contributed by atoms with Crippen LogP contribution in [-0.2, 0) is 0 Å². The number of nitrogens with zero attached hydrogens (tertiary/aromatic N) is 3. The Morgan fingerprint density at radius 1 is 1.03 bits per heavy atom. The van der Waals surface area contributed by atoms with Gasteiger partial charge in [0.05, 0.1) is 26.0 Å². The number of piperidine rings is 1. The third-order valence-electron chi connectivity index (χ3n) is 6.93. The summed E-state index contributed by atoms with van der Waals surface area (Å²) in [5.41, 5.74) is 2.97. The van der Waals surface area contributed by atoms with Crippen LogP contribution in [0.1, 0.15) is 50.3 Å². The van der Waals surface area contributed by atoms with Crippen molar-refractivity contribution >= 4 is 5.71 Å². The van der Waals surface area contributed by atoms with Crippen molar-refractivity contribution in [2.24, 2.45) is 5.10 Å². The molecule has 5 rings (SSSR count). The fraction of sp³-hybridized carbons (Fsp3) is 0.480. The minimum atomic E-state index is -0.386. The van der Waals surface area contributed by atoms with E-state index in [1.807, 2.05) is 12.1 Å². The van der Waals surface area contributed by atoms with Gasteiger partial charge in [0.2, 0.25) is 5.72 Å². The van der Waals surface area contributed by atoms with Gasteiger partial charge >= 0.3 is 0 Å². The van der Waals surface area contributed by atoms with Gasteiger partial charge in [-0.1, -0.05) is 18.2 Å². The first-order chi connectivity index (χ1) is 15.0. The number of rotatable bonds is 4. The summed E-state index contributed by atoms with van der Waals surface area (Å²) in [7, 11) is 3.33. The van der Waals surface area contributed by atoms with Crippen LogP contribution in [0.25, 0.3) is 0 Å². The van der Waals surface area contributed by atoms with Gasteiger partial charge in [-0.3, -0.25) is 0 Å². The number of fused-ring (bicyclic) bond motifs is 4. The van der Waals surface area contributed by atoms with Crippen LogP contribution in [0.4, 0.5) is 0 Å². The number of hydrogen-bond acceptors (Lipinski definition) is 6. The second-order valence-corrected chi connectivity index (χ2v) is 8.90. The lowest BCUT2D eigenvalue weighted by Gasteiger charge is -2.51. The molecule has 3 aliphatic rings. The molecular weight excluding hydrogens is 390 g/mol. The highest BCUT2D eigenvalue weighted by atomic mass is 16.5. The molecule has 1 spiro atoms. The van der Waals surface area contributed by atoms with Crippen molar-refractivity contribution in [3.8, 4) is 17.2 Å². The second-order valence-electron chi connectivity index (χ2n) is 8.90. The van der Waals surface area contributed by atoms with E-state index in [1.54, 1.807) is 14.2 Å². The van der Waals surface area contributed by atoms with Gasteiger partial charge in [0.25, 0.3) is 0 Å². The Bertz CT molecular complexity index is 995. The summed E-state index contributed by atoms with van der Waals surface area (Å²) in [4.78, 5) is 2.53. The number of ether oxygens (including phenoxy) is 3. The van der Waals surface area contributed by atoms with Crippen molar-refractivity contribution < 1.29 is 14.2 Å². The van der Waals surface area contributed by atoms with Crippen molar-refractivity contribution in [3.05, 3.63) is 53.6 Å². The van der Waals surface area contributed by atoms with Crippen LogP contribution in [0.15, 0.2) is 47.6 Å². The maximum Gasteiger partial charge on any atom is 0.200 e. The van der Waals surface area contributed by atoms with Crippen LogP contribution >= 0.6 is 0 Å². The minimum absolute atomic E-state index is 0.193. The Balaban J connectivity index is 1.52. The van der Waals surface area contributed by atoms with E-state index in [9.17, 15) is 0 Å². The van der Waals surface area contributed by atoms with Gasteiger partial charge in [0.1, 0.15) is 5.75 Å². The van der Waals surface area contributed by atoms with E-state index in [2.05, 4.69) is 54.1 Å². The predicted molar refractivity (Wildman–Crippen MR) is 121 cm³/mol. The van der Waals surface area contributed by atoms with Gasteiger partial charge in [0.15, 0.2) is 11.5 Å². The zero-order chi connectivity index (χ0) is 21.6. The van der Waals surface area contributed by atoms with Crippen LogP contribution < -0.4 is 14.2 Å². The number of hydrogen-bond donors (Lipinski definition) is 0. The first-order valence-corrected chi connectivity index (χ1v) is 11.2. The summed E-state index contributed by atoms with van der Waals surface area (Å²) >= 11 is 0. The number of likely N-dealkylation sites (tertiary alicyclic amines) is 1. The molecule has 3 heterocycles. The topological polar surface area (TPSA) is 46.5 Å². The lowest BCUT2D eigenvalue weighted by Crippen LogP contribution is -2.59. The van der Waals surface area contributed by atoms with E-state index < -0.39 is 0 Å². The molecular formula is C25H31N3O3.